The first-order valence-corrected chi connectivity index (χ1v) is 3.83. The van der Waals surface area contributed by atoms with Gasteiger partial charge in [-0.2, -0.15) is 0 Å². The number of methoxy groups -OCH3 is 1. The first-order chi connectivity index (χ1) is 5.77. The lowest BCUT2D eigenvalue weighted by Gasteiger charge is -2.08. The fourth-order valence-electron chi connectivity index (χ4n) is 1.02. The van der Waals surface area contributed by atoms with Gasteiger partial charge < -0.3 is 9.15 Å². The molecule has 1 aromatic heterocycles. The highest BCUT2D eigenvalue weighted by molar-refractivity contribution is 5.01. The molecule has 0 radical (unpaired) electrons. The highest BCUT2D eigenvalue weighted by Gasteiger charge is 2.12. The standard InChI is InChI=1S/C9H13NO2/c1-4-5-9(11-3)8-6-12-7(2)10-8/h4,6,9H,1,5H2,2-3H3/t9-/m0/s1. The van der Waals surface area contributed by atoms with E-state index in [1.807, 2.05) is 6.92 Å². The van der Waals surface area contributed by atoms with Crippen LogP contribution in [0.1, 0.15) is 24.1 Å². The molecule has 0 fully saturated rings. The molecule has 0 aromatic carbocycles. The zero-order valence-electron chi connectivity index (χ0n) is 7.41. The van der Waals surface area contributed by atoms with E-state index < -0.39 is 0 Å². The summed E-state index contributed by atoms with van der Waals surface area (Å²) in [5.74, 6) is 0.663. The van der Waals surface area contributed by atoms with Gasteiger partial charge in [0.15, 0.2) is 5.89 Å². The van der Waals surface area contributed by atoms with E-state index in [0.29, 0.717) is 5.89 Å². The molecule has 1 heterocycles. The van der Waals surface area contributed by atoms with Crippen molar-refractivity contribution in [2.75, 3.05) is 7.11 Å². The predicted octanol–water partition coefficient (Wildman–Crippen LogP) is 2.25. The van der Waals surface area contributed by atoms with Crippen LogP contribution in [0.25, 0.3) is 0 Å². The minimum absolute atomic E-state index is 0.0278. The topological polar surface area (TPSA) is 35.3 Å². The lowest BCUT2D eigenvalue weighted by molar-refractivity contribution is 0.102. The average molecular weight is 167 g/mol. The zero-order chi connectivity index (χ0) is 8.97. The lowest BCUT2D eigenvalue weighted by Crippen LogP contribution is -2.00. The Labute approximate surface area is 72.1 Å². The van der Waals surface area contributed by atoms with Crippen molar-refractivity contribution < 1.29 is 9.15 Å². The van der Waals surface area contributed by atoms with Crippen LogP contribution in [-0.2, 0) is 4.74 Å². The number of oxazole rings is 1. The van der Waals surface area contributed by atoms with Gasteiger partial charge in [0.25, 0.3) is 0 Å². The van der Waals surface area contributed by atoms with Gasteiger partial charge in [-0.3, -0.25) is 0 Å². The number of hydrogen-bond acceptors (Lipinski definition) is 3. The molecular formula is C9H13NO2. The molecule has 0 aliphatic carbocycles. The average Bonchev–Trinajstić information content (AvgIpc) is 2.47. The summed E-state index contributed by atoms with van der Waals surface area (Å²) in [5, 5.41) is 0. The highest BCUT2D eigenvalue weighted by atomic mass is 16.5. The zero-order valence-corrected chi connectivity index (χ0v) is 7.41. The summed E-state index contributed by atoms with van der Waals surface area (Å²) < 4.78 is 10.3. The molecule has 1 atom stereocenters. The van der Waals surface area contributed by atoms with Gasteiger partial charge in [-0.25, -0.2) is 4.98 Å². The molecule has 12 heavy (non-hydrogen) atoms. The number of aromatic nitrogens is 1. The molecule has 0 saturated carbocycles. The molecule has 0 spiro atoms. The maximum absolute atomic E-state index is 5.20. The van der Waals surface area contributed by atoms with Crippen LogP contribution >= 0.6 is 0 Å². The molecule has 3 nitrogen and oxygen atoms in total. The van der Waals surface area contributed by atoms with Crippen LogP contribution in [0.2, 0.25) is 0 Å². The van der Waals surface area contributed by atoms with E-state index in [0.717, 1.165) is 12.1 Å². The third-order valence-electron chi connectivity index (χ3n) is 1.63. The quantitative estimate of drug-likeness (QED) is 0.645. The Balaban J connectivity index is 2.72. The summed E-state index contributed by atoms with van der Waals surface area (Å²) in [6, 6.07) is 0. The van der Waals surface area contributed by atoms with E-state index in [2.05, 4.69) is 11.6 Å². The molecule has 0 aliphatic heterocycles. The number of nitrogens with zero attached hydrogens (tertiary/aromatic N) is 1. The van der Waals surface area contributed by atoms with Crippen LogP contribution in [0.5, 0.6) is 0 Å². The van der Waals surface area contributed by atoms with Crippen LogP contribution in [0.3, 0.4) is 0 Å². The maximum atomic E-state index is 5.20. The van der Waals surface area contributed by atoms with Crippen LogP contribution in [0.4, 0.5) is 0 Å². The second-order valence-corrected chi connectivity index (χ2v) is 2.54. The molecule has 0 amide bonds. The van der Waals surface area contributed by atoms with E-state index in [1.54, 1.807) is 19.4 Å². The number of ether oxygens (including phenoxy) is 1. The fourth-order valence-corrected chi connectivity index (χ4v) is 1.02. The number of rotatable bonds is 4. The Kier molecular flexibility index (Phi) is 3.05. The van der Waals surface area contributed by atoms with Gasteiger partial charge in [0.05, 0.1) is 0 Å². The normalized spacial score (nSPS) is 12.8. The largest absolute Gasteiger partial charge is 0.449 e. The molecule has 0 N–H and O–H groups in total. The Morgan fingerprint density at radius 2 is 2.58 bits per heavy atom. The minimum atomic E-state index is -0.0278. The van der Waals surface area contributed by atoms with Crippen molar-refractivity contribution in [2.45, 2.75) is 19.4 Å². The van der Waals surface area contributed by atoms with Crippen LogP contribution < -0.4 is 0 Å². The molecular weight excluding hydrogens is 154 g/mol. The molecule has 0 aliphatic rings. The van der Waals surface area contributed by atoms with E-state index in [4.69, 9.17) is 9.15 Å². The van der Waals surface area contributed by atoms with E-state index in [-0.39, 0.29) is 6.10 Å². The maximum Gasteiger partial charge on any atom is 0.191 e. The van der Waals surface area contributed by atoms with Gasteiger partial charge in [-0.1, -0.05) is 6.08 Å². The molecule has 66 valence electrons. The summed E-state index contributed by atoms with van der Waals surface area (Å²) in [6.07, 6.45) is 4.15. The van der Waals surface area contributed by atoms with Gasteiger partial charge >= 0.3 is 0 Å². The third kappa shape index (κ3) is 1.95. The second kappa shape index (κ2) is 4.07. The summed E-state index contributed by atoms with van der Waals surface area (Å²) in [6.45, 7) is 5.45. The lowest BCUT2D eigenvalue weighted by atomic mass is 10.2. The molecule has 1 rings (SSSR count). The predicted molar refractivity (Wildman–Crippen MR) is 45.8 cm³/mol. The van der Waals surface area contributed by atoms with Crippen LogP contribution in [0, 0.1) is 6.92 Å². The highest BCUT2D eigenvalue weighted by Crippen LogP contribution is 2.19. The summed E-state index contributed by atoms with van der Waals surface area (Å²) in [4.78, 5) is 4.16. The van der Waals surface area contributed by atoms with Crippen molar-refractivity contribution >= 4 is 0 Å². The summed E-state index contributed by atoms with van der Waals surface area (Å²) in [7, 11) is 1.65. The Bertz CT molecular complexity index is 255. The van der Waals surface area contributed by atoms with Gasteiger partial charge in [-0.05, 0) is 6.42 Å². The van der Waals surface area contributed by atoms with Crippen molar-refractivity contribution in [3.8, 4) is 0 Å². The van der Waals surface area contributed by atoms with Crippen molar-refractivity contribution in [2.24, 2.45) is 0 Å². The SMILES string of the molecule is C=CC[C@H](OC)c1coc(C)n1. The van der Waals surface area contributed by atoms with Crippen molar-refractivity contribution in [3.05, 3.63) is 30.5 Å². The van der Waals surface area contributed by atoms with E-state index in [1.165, 1.54) is 0 Å². The number of hydrogen-bond donors (Lipinski definition) is 0. The minimum Gasteiger partial charge on any atom is -0.449 e. The first-order valence-electron chi connectivity index (χ1n) is 3.83. The Morgan fingerprint density at radius 3 is 3.00 bits per heavy atom. The second-order valence-electron chi connectivity index (χ2n) is 2.54. The van der Waals surface area contributed by atoms with Crippen LogP contribution in [0.15, 0.2) is 23.3 Å². The van der Waals surface area contributed by atoms with Crippen molar-refractivity contribution in [1.29, 1.82) is 0 Å². The first kappa shape index (κ1) is 9.00. The fraction of sp³-hybridized carbons (Fsp3) is 0.444. The molecule has 3 heteroatoms. The molecule has 0 saturated heterocycles. The number of aryl methyl sites for hydroxylation is 1. The third-order valence-corrected chi connectivity index (χ3v) is 1.63. The van der Waals surface area contributed by atoms with Gasteiger partial charge in [0.2, 0.25) is 0 Å². The monoisotopic (exact) mass is 167 g/mol. The van der Waals surface area contributed by atoms with E-state index >= 15 is 0 Å². The summed E-state index contributed by atoms with van der Waals surface area (Å²) >= 11 is 0. The van der Waals surface area contributed by atoms with Gasteiger partial charge in [0, 0.05) is 14.0 Å². The molecule has 0 bridgehead atoms. The van der Waals surface area contributed by atoms with Crippen molar-refractivity contribution in [1.82, 2.24) is 4.98 Å². The Hall–Kier alpha value is -1.09. The smallest absolute Gasteiger partial charge is 0.191 e. The van der Waals surface area contributed by atoms with Gasteiger partial charge in [0.1, 0.15) is 18.1 Å². The van der Waals surface area contributed by atoms with E-state index in [9.17, 15) is 0 Å². The molecule has 1 aromatic rings. The summed E-state index contributed by atoms with van der Waals surface area (Å²) in [5.41, 5.74) is 0.829. The molecule has 0 unspecified atom stereocenters. The Morgan fingerprint density at radius 1 is 1.83 bits per heavy atom. The van der Waals surface area contributed by atoms with Crippen LogP contribution in [-0.4, -0.2) is 12.1 Å². The van der Waals surface area contributed by atoms with Gasteiger partial charge in [-0.15, -0.1) is 6.58 Å². The van der Waals surface area contributed by atoms with Crippen molar-refractivity contribution in [3.63, 3.8) is 0 Å².